The van der Waals surface area contributed by atoms with Crippen molar-refractivity contribution in [2.75, 3.05) is 39.9 Å². The van der Waals surface area contributed by atoms with Crippen LogP contribution >= 0.6 is 11.3 Å². The van der Waals surface area contributed by atoms with E-state index in [-0.39, 0.29) is 17.9 Å². The standard InChI is InChI=1S/C15H24N4O3S/c1-3-18-10-12(8-14(18)20)9-17-15(21)19(5-6-22-2)11-13-16-4-7-23-13/h4,7,12H,3,5-6,8-11H2,1-2H3,(H,17,21). The lowest BCUT2D eigenvalue weighted by atomic mass is 10.1. The monoisotopic (exact) mass is 340 g/mol. The molecule has 1 aliphatic rings. The maximum absolute atomic E-state index is 12.4. The van der Waals surface area contributed by atoms with Crippen molar-refractivity contribution in [3.63, 3.8) is 0 Å². The zero-order chi connectivity index (χ0) is 16.7. The van der Waals surface area contributed by atoms with Gasteiger partial charge in [0.2, 0.25) is 5.91 Å². The number of ether oxygens (including phenoxy) is 1. The van der Waals surface area contributed by atoms with E-state index in [1.807, 2.05) is 17.2 Å². The van der Waals surface area contributed by atoms with Crippen LogP contribution in [-0.2, 0) is 16.1 Å². The van der Waals surface area contributed by atoms with Gasteiger partial charge >= 0.3 is 6.03 Å². The van der Waals surface area contributed by atoms with Gasteiger partial charge in [-0.15, -0.1) is 11.3 Å². The van der Waals surface area contributed by atoms with E-state index in [1.165, 1.54) is 11.3 Å². The maximum atomic E-state index is 12.4. The van der Waals surface area contributed by atoms with Crippen molar-refractivity contribution < 1.29 is 14.3 Å². The van der Waals surface area contributed by atoms with Crippen molar-refractivity contribution in [3.8, 4) is 0 Å². The molecule has 1 aromatic heterocycles. The molecule has 0 bridgehead atoms. The molecule has 0 radical (unpaired) electrons. The largest absolute Gasteiger partial charge is 0.383 e. The third kappa shape index (κ3) is 5.18. The normalized spacial score (nSPS) is 17.6. The van der Waals surface area contributed by atoms with E-state index in [0.717, 1.165) is 18.1 Å². The summed E-state index contributed by atoms with van der Waals surface area (Å²) in [4.78, 5) is 31.9. The van der Waals surface area contributed by atoms with Crippen LogP contribution in [0.15, 0.2) is 11.6 Å². The van der Waals surface area contributed by atoms with Gasteiger partial charge in [-0.1, -0.05) is 0 Å². The molecular formula is C15H24N4O3S. The Morgan fingerprint density at radius 2 is 2.43 bits per heavy atom. The molecule has 8 heteroatoms. The van der Waals surface area contributed by atoms with E-state index >= 15 is 0 Å². The smallest absolute Gasteiger partial charge is 0.317 e. The molecular weight excluding hydrogens is 316 g/mol. The Kier molecular flexibility index (Phi) is 6.79. The molecule has 1 N–H and O–H groups in total. The van der Waals surface area contributed by atoms with Gasteiger partial charge in [0.05, 0.1) is 13.2 Å². The summed E-state index contributed by atoms with van der Waals surface area (Å²) in [5.41, 5.74) is 0. The summed E-state index contributed by atoms with van der Waals surface area (Å²) in [5, 5.41) is 5.73. The van der Waals surface area contributed by atoms with E-state index in [4.69, 9.17) is 4.74 Å². The Hall–Kier alpha value is -1.67. The van der Waals surface area contributed by atoms with Gasteiger partial charge in [-0.25, -0.2) is 9.78 Å². The van der Waals surface area contributed by atoms with E-state index in [0.29, 0.717) is 32.7 Å². The molecule has 0 aliphatic carbocycles. The highest BCUT2D eigenvalue weighted by molar-refractivity contribution is 7.09. The highest BCUT2D eigenvalue weighted by Gasteiger charge is 2.28. The molecule has 1 fully saturated rings. The first-order valence-electron chi connectivity index (χ1n) is 7.81. The number of thiazole rings is 1. The number of nitrogens with one attached hydrogen (secondary N) is 1. The van der Waals surface area contributed by atoms with Crippen molar-refractivity contribution in [3.05, 3.63) is 16.6 Å². The van der Waals surface area contributed by atoms with Gasteiger partial charge in [-0.3, -0.25) is 4.79 Å². The van der Waals surface area contributed by atoms with Gasteiger partial charge in [0.15, 0.2) is 0 Å². The van der Waals surface area contributed by atoms with Gasteiger partial charge in [0.25, 0.3) is 0 Å². The highest BCUT2D eigenvalue weighted by Crippen LogP contribution is 2.16. The van der Waals surface area contributed by atoms with Gasteiger partial charge in [0, 0.05) is 57.2 Å². The molecule has 1 unspecified atom stereocenters. The molecule has 2 rings (SSSR count). The molecule has 2 heterocycles. The number of urea groups is 1. The number of hydrogen-bond acceptors (Lipinski definition) is 5. The van der Waals surface area contributed by atoms with E-state index in [2.05, 4.69) is 10.3 Å². The van der Waals surface area contributed by atoms with Crippen LogP contribution in [0.1, 0.15) is 18.4 Å². The average Bonchev–Trinajstić information content (AvgIpc) is 3.18. The van der Waals surface area contributed by atoms with Crippen molar-refractivity contribution in [2.24, 2.45) is 5.92 Å². The minimum absolute atomic E-state index is 0.139. The summed E-state index contributed by atoms with van der Waals surface area (Å²) in [6, 6.07) is -0.139. The molecule has 1 atom stereocenters. The van der Waals surface area contributed by atoms with Gasteiger partial charge in [-0.2, -0.15) is 0 Å². The number of amides is 3. The minimum atomic E-state index is -0.139. The van der Waals surface area contributed by atoms with Crippen molar-refractivity contribution in [2.45, 2.75) is 19.9 Å². The first-order chi connectivity index (χ1) is 11.1. The predicted molar refractivity (Wildman–Crippen MR) is 88.2 cm³/mol. The van der Waals surface area contributed by atoms with E-state index < -0.39 is 0 Å². The Morgan fingerprint density at radius 3 is 3.04 bits per heavy atom. The maximum Gasteiger partial charge on any atom is 0.317 e. The molecule has 3 amide bonds. The van der Waals surface area contributed by atoms with Crippen LogP contribution in [0.4, 0.5) is 4.79 Å². The molecule has 1 aliphatic heterocycles. The zero-order valence-corrected chi connectivity index (χ0v) is 14.5. The second-order valence-electron chi connectivity index (χ2n) is 5.53. The van der Waals surface area contributed by atoms with Crippen molar-refractivity contribution >= 4 is 23.3 Å². The van der Waals surface area contributed by atoms with Crippen LogP contribution in [0.25, 0.3) is 0 Å². The average molecular weight is 340 g/mol. The lowest BCUT2D eigenvalue weighted by Crippen LogP contribution is -2.43. The molecule has 1 aromatic rings. The summed E-state index contributed by atoms with van der Waals surface area (Å²) < 4.78 is 5.07. The number of carbonyl (C=O) groups is 2. The fraction of sp³-hybridized carbons (Fsp3) is 0.667. The van der Waals surface area contributed by atoms with Crippen LogP contribution in [-0.4, -0.2) is 66.6 Å². The number of carbonyl (C=O) groups excluding carboxylic acids is 2. The first kappa shape index (κ1) is 17.7. The van der Waals surface area contributed by atoms with Crippen LogP contribution in [0.2, 0.25) is 0 Å². The quantitative estimate of drug-likeness (QED) is 0.771. The van der Waals surface area contributed by atoms with Crippen molar-refractivity contribution in [1.82, 2.24) is 20.1 Å². The number of nitrogens with zero attached hydrogens (tertiary/aromatic N) is 3. The fourth-order valence-corrected chi connectivity index (χ4v) is 3.22. The Balaban J connectivity index is 1.83. The number of likely N-dealkylation sites (tertiary alicyclic amines) is 1. The second kappa shape index (κ2) is 8.83. The van der Waals surface area contributed by atoms with E-state index in [1.54, 1.807) is 18.2 Å². The SMILES string of the molecule is CCN1CC(CNC(=O)N(CCOC)Cc2nccs2)CC1=O. The zero-order valence-electron chi connectivity index (χ0n) is 13.7. The Labute approximate surface area is 140 Å². The summed E-state index contributed by atoms with van der Waals surface area (Å²) >= 11 is 1.52. The summed E-state index contributed by atoms with van der Waals surface area (Å²) in [7, 11) is 1.61. The Morgan fingerprint density at radius 1 is 1.61 bits per heavy atom. The number of rotatable bonds is 8. The lowest BCUT2D eigenvalue weighted by Gasteiger charge is -2.23. The van der Waals surface area contributed by atoms with Gasteiger partial charge in [0.1, 0.15) is 5.01 Å². The molecule has 23 heavy (non-hydrogen) atoms. The molecule has 0 saturated carbocycles. The van der Waals surface area contributed by atoms with Gasteiger partial charge < -0.3 is 19.9 Å². The fourth-order valence-electron chi connectivity index (χ4n) is 2.59. The number of aromatic nitrogens is 1. The summed E-state index contributed by atoms with van der Waals surface area (Å²) in [6.07, 6.45) is 2.24. The van der Waals surface area contributed by atoms with Gasteiger partial charge in [-0.05, 0) is 6.92 Å². The summed E-state index contributed by atoms with van der Waals surface area (Å²) in [5.74, 6) is 0.362. The minimum Gasteiger partial charge on any atom is -0.383 e. The number of methoxy groups -OCH3 is 1. The van der Waals surface area contributed by atoms with Crippen molar-refractivity contribution in [1.29, 1.82) is 0 Å². The highest BCUT2D eigenvalue weighted by atomic mass is 32.1. The number of hydrogen-bond donors (Lipinski definition) is 1. The molecule has 1 saturated heterocycles. The Bertz CT molecular complexity index is 509. The molecule has 0 spiro atoms. The third-order valence-electron chi connectivity index (χ3n) is 3.88. The van der Waals surface area contributed by atoms with Crippen LogP contribution in [0.5, 0.6) is 0 Å². The van der Waals surface area contributed by atoms with E-state index in [9.17, 15) is 9.59 Å². The molecule has 128 valence electrons. The van der Waals surface area contributed by atoms with Crippen LogP contribution < -0.4 is 5.32 Å². The predicted octanol–water partition coefficient (Wildman–Crippen LogP) is 1.17. The summed E-state index contributed by atoms with van der Waals surface area (Å²) in [6.45, 7) is 5.39. The first-order valence-corrected chi connectivity index (χ1v) is 8.69. The second-order valence-corrected chi connectivity index (χ2v) is 6.51. The molecule has 7 nitrogen and oxygen atoms in total. The van der Waals surface area contributed by atoms with Crippen LogP contribution in [0.3, 0.4) is 0 Å². The lowest BCUT2D eigenvalue weighted by molar-refractivity contribution is -0.127. The topological polar surface area (TPSA) is 74.8 Å². The van der Waals surface area contributed by atoms with Crippen LogP contribution in [0, 0.1) is 5.92 Å². The molecule has 0 aromatic carbocycles. The third-order valence-corrected chi connectivity index (χ3v) is 4.64.